The molecule has 2 N–H and O–H groups in total. The largest absolute Gasteiger partial charge is 0.341 e. The van der Waals surface area contributed by atoms with Gasteiger partial charge in [0.25, 0.3) is 0 Å². The minimum atomic E-state index is -0.690. The van der Waals surface area contributed by atoms with Crippen molar-refractivity contribution in [2.75, 3.05) is 5.32 Å². The second-order valence-electron chi connectivity index (χ2n) is 4.54. The Morgan fingerprint density at radius 2 is 1.57 bits per heavy atom. The Labute approximate surface area is 131 Å². The maximum absolute atomic E-state index is 11.9. The Morgan fingerprint density at radius 3 is 2.24 bits per heavy atom. The minimum absolute atomic E-state index is 0.233. The Morgan fingerprint density at radius 1 is 0.952 bits per heavy atom. The van der Waals surface area contributed by atoms with Gasteiger partial charge in [-0.25, -0.2) is 0 Å². The fourth-order valence-corrected chi connectivity index (χ4v) is 2.21. The molecule has 0 saturated carbocycles. The first kappa shape index (κ1) is 15.3. The molecule has 2 aromatic carbocycles. The van der Waals surface area contributed by atoms with E-state index >= 15 is 0 Å². The van der Waals surface area contributed by atoms with E-state index in [9.17, 15) is 9.59 Å². The SMILES string of the molecule is C[C@@H](NC(=O)C(=O)Nc1ccccc1Br)c1ccccc1. The zero-order valence-electron chi connectivity index (χ0n) is 11.5. The predicted molar refractivity (Wildman–Crippen MR) is 85.8 cm³/mol. The van der Waals surface area contributed by atoms with Crippen molar-refractivity contribution in [3.05, 3.63) is 64.6 Å². The molecule has 108 valence electrons. The van der Waals surface area contributed by atoms with Gasteiger partial charge in [0.15, 0.2) is 0 Å². The summed E-state index contributed by atoms with van der Waals surface area (Å²) in [6.45, 7) is 1.83. The standard InChI is InChI=1S/C16H15BrN2O2/c1-11(12-7-3-2-4-8-12)18-15(20)16(21)19-14-10-6-5-9-13(14)17/h2-11H,1H3,(H,18,20)(H,19,21)/t11-/m1/s1. The highest BCUT2D eigenvalue weighted by molar-refractivity contribution is 9.10. The topological polar surface area (TPSA) is 58.2 Å². The molecule has 0 saturated heterocycles. The zero-order chi connectivity index (χ0) is 15.2. The average molecular weight is 347 g/mol. The van der Waals surface area contributed by atoms with E-state index in [0.29, 0.717) is 5.69 Å². The van der Waals surface area contributed by atoms with Crippen LogP contribution >= 0.6 is 15.9 Å². The number of hydrogen-bond acceptors (Lipinski definition) is 2. The molecule has 0 fully saturated rings. The van der Waals surface area contributed by atoms with Crippen molar-refractivity contribution < 1.29 is 9.59 Å². The highest BCUT2D eigenvalue weighted by Gasteiger charge is 2.17. The Bertz CT molecular complexity index is 644. The van der Waals surface area contributed by atoms with E-state index in [-0.39, 0.29) is 6.04 Å². The van der Waals surface area contributed by atoms with Crippen molar-refractivity contribution >= 4 is 33.4 Å². The quantitative estimate of drug-likeness (QED) is 0.838. The van der Waals surface area contributed by atoms with Gasteiger partial charge in [-0.1, -0.05) is 42.5 Å². The molecule has 0 heterocycles. The number of nitrogens with one attached hydrogen (secondary N) is 2. The number of amides is 2. The zero-order valence-corrected chi connectivity index (χ0v) is 13.1. The number of halogens is 1. The van der Waals surface area contributed by atoms with Gasteiger partial charge in [-0.3, -0.25) is 9.59 Å². The van der Waals surface area contributed by atoms with Crippen LogP contribution in [0.4, 0.5) is 5.69 Å². The van der Waals surface area contributed by atoms with Crippen molar-refractivity contribution in [2.24, 2.45) is 0 Å². The van der Waals surface area contributed by atoms with E-state index in [1.54, 1.807) is 18.2 Å². The summed E-state index contributed by atoms with van der Waals surface area (Å²) in [7, 11) is 0. The molecular formula is C16H15BrN2O2. The van der Waals surface area contributed by atoms with Crippen LogP contribution in [0.25, 0.3) is 0 Å². The maximum atomic E-state index is 11.9. The predicted octanol–water partition coefficient (Wildman–Crippen LogP) is 3.27. The van der Waals surface area contributed by atoms with Crippen LogP contribution in [-0.4, -0.2) is 11.8 Å². The summed E-state index contributed by atoms with van der Waals surface area (Å²) in [5, 5.41) is 5.24. The van der Waals surface area contributed by atoms with E-state index < -0.39 is 11.8 Å². The van der Waals surface area contributed by atoms with Crippen LogP contribution in [0.5, 0.6) is 0 Å². The molecule has 0 radical (unpaired) electrons. The Balaban J connectivity index is 1.97. The summed E-state index contributed by atoms with van der Waals surface area (Å²) in [4.78, 5) is 23.8. The molecule has 5 heteroatoms. The third kappa shape index (κ3) is 4.16. The third-order valence-electron chi connectivity index (χ3n) is 2.98. The Hall–Kier alpha value is -2.14. The number of anilines is 1. The van der Waals surface area contributed by atoms with Gasteiger partial charge in [-0.05, 0) is 40.5 Å². The monoisotopic (exact) mass is 346 g/mol. The molecule has 0 unspecified atom stereocenters. The van der Waals surface area contributed by atoms with Gasteiger partial charge in [-0.15, -0.1) is 0 Å². The van der Waals surface area contributed by atoms with Crippen LogP contribution in [0.3, 0.4) is 0 Å². The van der Waals surface area contributed by atoms with Gasteiger partial charge in [-0.2, -0.15) is 0 Å². The normalized spacial score (nSPS) is 11.5. The van der Waals surface area contributed by atoms with E-state index in [2.05, 4.69) is 26.6 Å². The van der Waals surface area contributed by atoms with Crippen LogP contribution in [0.2, 0.25) is 0 Å². The van der Waals surface area contributed by atoms with Gasteiger partial charge >= 0.3 is 11.8 Å². The van der Waals surface area contributed by atoms with Gasteiger partial charge < -0.3 is 10.6 Å². The first-order valence-electron chi connectivity index (χ1n) is 6.49. The molecule has 21 heavy (non-hydrogen) atoms. The number of para-hydroxylation sites is 1. The average Bonchev–Trinajstić information content (AvgIpc) is 2.50. The van der Waals surface area contributed by atoms with Crippen LogP contribution < -0.4 is 10.6 Å². The van der Waals surface area contributed by atoms with E-state index in [4.69, 9.17) is 0 Å². The van der Waals surface area contributed by atoms with Gasteiger partial charge in [0.1, 0.15) is 0 Å². The molecule has 0 bridgehead atoms. The summed E-state index contributed by atoms with van der Waals surface area (Å²) in [5.41, 5.74) is 1.50. The molecule has 0 aliphatic rings. The second-order valence-corrected chi connectivity index (χ2v) is 5.39. The lowest BCUT2D eigenvalue weighted by atomic mass is 10.1. The summed E-state index contributed by atoms with van der Waals surface area (Å²) in [5.74, 6) is -1.35. The Kier molecular flexibility index (Phi) is 5.11. The van der Waals surface area contributed by atoms with Crippen LogP contribution in [0.15, 0.2) is 59.1 Å². The molecular weight excluding hydrogens is 332 g/mol. The number of benzene rings is 2. The fourth-order valence-electron chi connectivity index (χ4n) is 1.83. The highest BCUT2D eigenvalue weighted by atomic mass is 79.9. The summed E-state index contributed by atoms with van der Waals surface area (Å²) >= 11 is 3.32. The molecule has 1 atom stereocenters. The van der Waals surface area contributed by atoms with Crippen molar-refractivity contribution in [1.82, 2.24) is 5.32 Å². The molecule has 0 aliphatic carbocycles. The molecule has 2 rings (SSSR count). The number of rotatable bonds is 3. The second kappa shape index (κ2) is 7.04. The van der Waals surface area contributed by atoms with E-state index in [1.165, 1.54) is 0 Å². The summed E-state index contributed by atoms with van der Waals surface area (Å²) < 4.78 is 0.724. The lowest BCUT2D eigenvalue weighted by molar-refractivity contribution is -0.136. The number of hydrogen-bond donors (Lipinski definition) is 2. The van der Waals surface area contributed by atoms with Gasteiger partial charge in [0.05, 0.1) is 11.7 Å². The molecule has 4 nitrogen and oxygen atoms in total. The first-order valence-corrected chi connectivity index (χ1v) is 7.28. The van der Waals surface area contributed by atoms with Crippen molar-refractivity contribution in [3.8, 4) is 0 Å². The lowest BCUT2D eigenvalue weighted by Crippen LogP contribution is -2.36. The third-order valence-corrected chi connectivity index (χ3v) is 3.67. The van der Waals surface area contributed by atoms with Crippen molar-refractivity contribution in [3.63, 3.8) is 0 Å². The van der Waals surface area contributed by atoms with Gasteiger partial charge in [0, 0.05) is 4.47 Å². The fraction of sp³-hybridized carbons (Fsp3) is 0.125. The summed E-state index contributed by atoms with van der Waals surface area (Å²) in [6.07, 6.45) is 0. The minimum Gasteiger partial charge on any atom is -0.341 e. The molecule has 2 aromatic rings. The number of carbonyl (C=O) groups is 2. The molecule has 0 aromatic heterocycles. The molecule has 2 amide bonds. The van der Waals surface area contributed by atoms with Crippen LogP contribution in [0.1, 0.15) is 18.5 Å². The first-order chi connectivity index (χ1) is 10.1. The lowest BCUT2D eigenvalue weighted by Gasteiger charge is -2.14. The van der Waals surface area contributed by atoms with Crippen LogP contribution in [-0.2, 0) is 9.59 Å². The van der Waals surface area contributed by atoms with Gasteiger partial charge in [0.2, 0.25) is 0 Å². The van der Waals surface area contributed by atoms with Crippen molar-refractivity contribution in [1.29, 1.82) is 0 Å². The molecule has 0 aliphatic heterocycles. The smallest absolute Gasteiger partial charge is 0.313 e. The van der Waals surface area contributed by atoms with E-state index in [1.807, 2.05) is 43.3 Å². The highest BCUT2D eigenvalue weighted by Crippen LogP contribution is 2.21. The molecule has 0 spiro atoms. The van der Waals surface area contributed by atoms with Crippen LogP contribution in [0, 0.1) is 0 Å². The summed E-state index contributed by atoms with van der Waals surface area (Å²) in [6, 6.07) is 16.4. The maximum Gasteiger partial charge on any atom is 0.313 e. The van der Waals surface area contributed by atoms with E-state index in [0.717, 1.165) is 10.0 Å². The number of carbonyl (C=O) groups excluding carboxylic acids is 2. The van der Waals surface area contributed by atoms with Crippen molar-refractivity contribution in [2.45, 2.75) is 13.0 Å².